The van der Waals surface area contributed by atoms with Crippen molar-refractivity contribution in [3.63, 3.8) is 0 Å². The molecule has 0 saturated carbocycles. The van der Waals surface area contributed by atoms with Crippen LogP contribution in [-0.2, 0) is 4.79 Å². The van der Waals surface area contributed by atoms with Crippen molar-refractivity contribution in [2.45, 2.75) is 12.8 Å². The molecule has 1 amide bonds. The van der Waals surface area contributed by atoms with Crippen molar-refractivity contribution in [1.82, 2.24) is 15.1 Å². The van der Waals surface area contributed by atoms with Crippen LogP contribution >= 0.6 is 0 Å². The number of benzene rings is 2. The quantitative estimate of drug-likeness (QED) is 0.488. The van der Waals surface area contributed by atoms with Crippen LogP contribution in [0.25, 0.3) is 22.4 Å². The Labute approximate surface area is 186 Å². The van der Waals surface area contributed by atoms with E-state index in [-0.39, 0.29) is 17.2 Å². The molecule has 2 aromatic carbocycles. The van der Waals surface area contributed by atoms with E-state index in [2.05, 4.69) is 20.4 Å². The van der Waals surface area contributed by atoms with E-state index in [0.29, 0.717) is 48.4 Å². The number of piperidine rings is 1. The van der Waals surface area contributed by atoms with E-state index in [0.717, 1.165) is 18.2 Å². The van der Waals surface area contributed by atoms with Gasteiger partial charge in [0.2, 0.25) is 5.91 Å². The lowest BCUT2D eigenvalue weighted by atomic mass is 9.96. The summed E-state index contributed by atoms with van der Waals surface area (Å²) in [6.45, 7) is 0.932. The van der Waals surface area contributed by atoms with Crippen molar-refractivity contribution in [2.24, 2.45) is 5.92 Å². The maximum Gasteiger partial charge on any atom is 0.263 e. The summed E-state index contributed by atoms with van der Waals surface area (Å²) in [5.41, 5.74) is 1.18. The van der Waals surface area contributed by atoms with E-state index < -0.39 is 23.5 Å². The van der Waals surface area contributed by atoms with Gasteiger partial charge in [-0.2, -0.15) is 4.98 Å². The molecule has 33 heavy (non-hydrogen) atoms. The molecule has 2 aromatic heterocycles. The molecule has 0 unspecified atom stereocenters. The van der Waals surface area contributed by atoms with Crippen LogP contribution in [0.2, 0.25) is 0 Å². The van der Waals surface area contributed by atoms with Gasteiger partial charge in [-0.3, -0.25) is 4.79 Å². The second kappa shape index (κ2) is 8.53. The van der Waals surface area contributed by atoms with Gasteiger partial charge in [-0.15, -0.1) is 0 Å². The molecular weight excluding hydrogens is 435 g/mol. The Morgan fingerprint density at radius 1 is 1.06 bits per heavy atom. The van der Waals surface area contributed by atoms with Gasteiger partial charge >= 0.3 is 0 Å². The summed E-state index contributed by atoms with van der Waals surface area (Å²) in [7, 11) is 0. The number of nitrogens with zero attached hydrogens (tertiary/aromatic N) is 4. The van der Waals surface area contributed by atoms with Gasteiger partial charge in [0, 0.05) is 24.7 Å². The van der Waals surface area contributed by atoms with Crippen molar-refractivity contribution in [2.75, 3.05) is 23.3 Å². The van der Waals surface area contributed by atoms with E-state index in [9.17, 15) is 18.0 Å². The summed E-state index contributed by atoms with van der Waals surface area (Å²) in [5.74, 6) is -2.05. The molecule has 0 aliphatic carbocycles. The minimum atomic E-state index is -0.705. The fourth-order valence-corrected chi connectivity index (χ4v) is 4.03. The SMILES string of the molecule is O=C(Nc1cc(F)ccc1F)[C@H]1CCCN(c2ncnc3onc(-c4ccc(F)cc4)c23)C1. The number of hydrogen-bond donors (Lipinski definition) is 1. The third-order valence-corrected chi connectivity index (χ3v) is 5.65. The van der Waals surface area contributed by atoms with Gasteiger partial charge in [0.1, 0.15) is 40.7 Å². The highest BCUT2D eigenvalue weighted by Crippen LogP contribution is 2.35. The zero-order valence-electron chi connectivity index (χ0n) is 17.3. The van der Waals surface area contributed by atoms with Crippen LogP contribution in [0.4, 0.5) is 24.7 Å². The molecule has 4 aromatic rings. The van der Waals surface area contributed by atoms with E-state index in [1.165, 1.54) is 18.5 Å². The van der Waals surface area contributed by atoms with Gasteiger partial charge in [0.25, 0.3) is 5.71 Å². The highest BCUT2D eigenvalue weighted by molar-refractivity contribution is 5.98. The van der Waals surface area contributed by atoms with Gasteiger partial charge in [-0.25, -0.2) is 18.2 Å². The monoisotopic (exact) mass is 453 g/mol. The van der Waals surface area contributed by atoms with Crippen LogP contribution in [0.1, 0.15) is 12.8 Å². The molecule has 3 heterocycles. The summed E-state index contributed by atoms with van der Waals surface area (Å²) in [4.78, 5) is 23.3. The molecule has 1 aliphatic heterocycles. The van der Waals surface area contributed by atoms with Crippen molar-refractivity contribution in [3.05, 3.63) is 66.2 Å². The Balaban J connectivity index is 1.43. The predicted molar refractivity (Wildman–Crippen MR) is 115 cm³/mol. The number of rotatable bonds is 4. The lowest BCUT2D eigenvalue weighted by Crippen LogP contribution is -2.41. The smallest absolute Gasteiger partial charge is 0.263 e. The number of hydrogen-bond acceptors (Lipinski definition) is 6. The molecule has 0 bridgehead atoms. The molecule has 1 N–H and O–H groups in total. The Bertz CT molecular complexity index is 1330. The van der Waals surface area contributed by atoms with Gasteiger partial charge < -0.3 is 14.7 Å². The standard InChI is InChI=1S/C23H18F3N5O2/c24-15-5-3-13(4-6-15)20-19-21(27-12-28-23(19)33-30-20)31-9-1-2-14(11-31)22(32)29-18-10-16(25)7-8-17(18)26/h3-8,10,12,14H,1-2,9,11H2,(H,29,32)/t14-/m0/s1. The Morgan fingerprint density at radius 2 is 1.85 bits per heavy atom. The maximum absolute atomic E-state index is 14.0. The first-order valence-corrected chi connectivity index (χ1v) is 10.4. The number of amides is 1. The lowest BCUT2D eigenvalue weighted by Gasteiger charge is -2.33. The first kappa shape index (κ1) is 20.9. The van der Waals surface area contributed by atoms with Crippen LogP contribution in [0.3, 0.4) is 0 Å². The highest BCUT2D eigenvalue weighted by Gasteiger charge is 2.30. The molecule has 0 spiro atoms. The Hall–Kier alpha value is -3.95. The van der Waals surface area contributed by atoms with E-state index in [4.69, 9.17) is 4.52 Å². The van der Waals surface area contributed by atoms with E-state index >= 15 is 0 Å². The average Bonchev–Trinajstić information content (AvgIpc) is 3.26. The van der Waals surface area contributed by atoms with Crippen LogP contribution in [0.15, 0.2) is 53.3 Å². The summed E-state index contributed by atoms with van der Waals surface area (Å²) in [6.07, 6.45) is 2.62. The largest absolute Gasteiger partial charge is 0.355 e. The number of carbonyl (C=O) groups excluding carboxylic acids is 1. The minimum absolute atomic E-state index is 0.195. The van der Waals surface area contributed by atoms with Gasteiger partial charge in [0.15, 0.2) is 0 Å². The van der Waals surface area contributed by atoms with Crippen molar-refractivity contribution >= 4 is 28.5 Å². The molecule has 1 saturated heterocycles. The molecule has 168 valence electrons. The van der Waals surface area contributed by atoms with Gasteiger partial charge in [0.05, 0.1) is 11.6 Å². The van der Waals surface area contributed by atoms with Crippen LogP contribution in [0.5, 0.6) is 0 Å². The molecule has 7 nitrogen and oxygen atoms in total. The normalized spacial score (nSPS) is 16.2. The lowest BCUT2D eigenvalue weighted by molar-refractivity contribution is -0.120. The second-order valence-corrected chi connectivity index (χ2v) is 7.81. The fraction of sp³-hybridized carbons (Fsp3) is 0.217. The number of aromatic nitrogens is 3. The summed E-state index contributed by atoms with van der Waals surface area (Å²) < 4.78 is 46.2. The topological polar surface area (TPSA) is 84.2 Å². The van der Waals surface area contributed by atoms with Crippen molar-refractivity contribution in [1.29, 1.82) is 0 Å². The Kier molecular flexibility index (Phi) is 5.41. The third kappa shape index (κ3) is 4.11. The molecule has 10 heteroatoms. The first-order chi connectivity index (χ1) is 16.0. The average molecular weight is 453 g/mol. The van der Waals surface area contributed by atoms with Crippen LogP contribution in [-0.4, -0.2) is 34.1 Å². The minimum Gasteiger partial charge on any atom is -0.355 e. The number of nitrogens with one attached hydrogen (secondary N) is 1. The molecule has 1 aliphatic rings. The number of fused-ring (bicyclic) bond motifs is 1. The number of anilines is 2. The predicted octanol–water partition coefficient (Wildman–Crippen LogP) is 4.56. The highest BCUT2D eigenvalue weighted by atomic mass is 19.1. The maximum atomic E-state index is 14.0. The first-order valence-electron chi connectivity index (χ1n) is 10.4. The molecule has 0 radical (unpaired) electrons. The second-order valence-electron chi connectivity index (χ2n) is 7.81. The molecule has 1 atom stereocenters. The van der Waals surface area contributed by atoms with E-state index in [1.54, 1.807) is 12.1 Å². The molecule has 5 rings (SSSR count). The zero-order valence-corrected chi connectivity index (χ0v) is 17.3. The summed E-state index contributed by atoms with van der Waals surface area (Å²) in [6, 6.07) is 8.74. The van der Waals surface area contributed by atoms with Crippen LogP contribution < -0.4 is 10.2 Å². The molecular formula is C23H18F3N5O2. The number of halogens is 3. The van der Waals surface area contributed by atoms with E-state index in [1.807, 2.05) is 4.90 Å². The number of carbonyl (C=O) groups is 1. The zero-order chi connectivity index (χ0) is 22.9. The van der Waals surface area contributed by atoms with Crippen LogP contribution in [0, 0.1) is 23.4 Å². The summed E-state index contributed by atoms with van der Waals surface area (Å²) in [5, 5.41) is 7.14. The Morgan fingerprint density at radius 3 is 2.67 bits per heavy atom. The third-order valence-electron chi connectivity index (χ3n) is 5.65. The molecule has 1 fully saturated rings. The fourth-order valence-electron chi connectivity index (χ4n) is 4.03. The van der Waals surface area contributed by atoms with Crippen molar-refractivity contribution in [3.8, 4) is 11.3 Å². The summed E-state index contributed by atoms with van der Waals surface area (Å²) >= 11 is 0. The van der Waals surface area contributed by atoms with Gasteiger partial charge in [-0.1, -0.05) is 5.16 Å². The van der Waals surface area contributed by atoms with Crippen molar-refractivity contribution < 1.29 is 22.5 Å². The van der Waals surface area contributed by atoms with Gasteiger partial charge in [-0.05, 0) is 49.2 Å².